The summed E-state index contributed by atoms with van der Waals surface area (Å²) in [6, 6.07) is 3.61. The van der Waals surface area contributed by atoms with Gasteiger partial charge in [-0.2, -0.15) is 5.10 Å². The Balaban J connectivity index is 2.10. The second kappa shape index (κ2) is 5.57. The second-order valence-corrected chi connectivity index (χ2v) is 6.55. The molecule has 120 valence electrons. The number of hydrogen-bond donors (Lipinski definition) is 0. The van der Waals surface area contributed by atoms with Crippen molar-refractivity contribution in [2.45, 2.75) is 39.0 Å². The molecule has 0 saturated heterocycles. The Labute approximate surface area is 140 Å². The molecule has 0 spiro atoms. The van der Waals surface area contributed by atoms with E-state index in [1.807, 2.05) is 26.8 Å². The van der Waals surface area contributed by atoms with Gasteiger partial charge in [0.25, 0.3) is 0 Å². The fourth-order valence-corrected chi connectivity index (χ4v) is 3.40. The van der Waals surface area contributed by atoms with Gasteiger partial charge in [-0.15, -0.1) is 5.10 Å². The first-order valence-corrected chi connectivity index (χ1v) is 7.84. The molecule has 1 atom stereocenters. The maximum absolute atomic E-state index is 13.2. The van der Waals surface area contributed by atoms with E-state index in [0.29, 0.717) is 35.1 Å². The van der Waals surface area contributed by atoms with E-state index in [1.165, 1.54) is 0 Å². The summed E-state index contributed by atoms with van der Waals surface area (Å²) in [5, 5.41) is 8.75. The molecule has 6 heteroatoms. The predicted octanol–water partition coefficient (Wildman–Crippen LogP) is 3.24. The summed E-state index contributed by atoms with van der Waals surface area (Å²) in [5.74, 6) is 0.505. The summed E-state index contributed by atoms with van der Waals surface area (Å²) in [5.41, 5.74) is 3.12. The standard InChI is InChI=1S/C17H18ClN3O2/c1-9-8-13(18)19-11-5-6-17(3,15(22)14(9)11)12-7-10(2)16(23-4)21-20-12/h7-8H,5-6H2,1-4H3. The largest absolute Gasteiger partial charge is 0.480 e. The average Bonchev–Trinajstić information content (AvgIpc) is 2.50. The van der Waals surface area contributed by atoms with Crippen LogP contribution in [0.15, 0.2) is 12.1 Å². The van der Waals surface area contributed by atoms with Crippen LogP contribution in [0.3, 0.4) is 0 Å². The molecule has 2 aromatic rings. The molecular weight excluding hydrogens is 314 g/mol. The van der Waals surface area contributed by atoms with Crippen molar-refractivity contribution < 1.29 is 9.53 Å². The van der Waals surface area contributed by atoms with Crippen LogP contribution in [0.5, 0.6) is 5.88 Å². The first kappa shape index (κ1) is 15.9. The van der Waals surface area contributed by atoms with Gasteiger partial charge in [0, 0.05) is 11.1 Å². The minimum Gasteiger partial charge on any atom is -0.480 e. The van der Waals surface area contributed by atoms with Crippen LogP contribution in [0.25, 0.3) is 0 Å². The number of Topliss-reactive ketones (excluding diaryl/α,β-unsaturated/α-hetero) is 1. The first-order valence-electron chi connectivity index (χ1n) is 7.46. The van der Waals surface area contributed by atoms with Crippen LogP contribution < -0.4 is 4.74 Å². The number of fused-ring (bicyclic) bond motifs is 1. The lowest BCUT2D eigenvalue weighted by Crippen LogP contribution is -2.39. The lowest BCUT2D eigenvalue weighted by Gasteiger charge is -2.33. The number of halogens is 1. The van der Waals surface area contributed by atoms with Crippen LogP contribution in [0.2, 0.25) is 5.15 Å². The number of nitrogens with zero attached hydrogens (tertiary/aromatic N) is 3. The van der Waals surface area contributed by atoms with E-state index >= 15 is 0 Å². The average molecular weight is 332 g/mol. The molecular formula is C17H18ClN3O2. The maximum Gasteiger partial charge on any atom is 0.236 e. The summed E-state index contributed by atoms with van der Waals surface area (Å²) < 4.78 is 5.15. The van der Waals surface area contributed by atoms with Crippen molar-refractivity contribution in [3.05, 3.63) is 45.4 Å². The predicted molar refractivity (Wildman–Crippen MR) is 87.3 cm³/mol. The number of methoxy groups -OCH3 is 1. The third-order valence-corrected chi connectivity index (χ3v) is 4.74. The second-order valence-electron chi connectivity index (χ2n) is 6.17. The van der Waals surface area contributed by atoms with Crippen LogP contribution in [0.1, 0.15) is 46.2 Å². The van der Waals surface area contributed by atoms with Crippen LogP contribution in [-0.2, 0) is 11.8 Å². The van der Waals surface area contributed by atoms with Gasteiger partial charge < -0.3 is 4.74 Å². The third-order valence-electron chi connectivity index (χ3n) is 4.55. The molecule has 1 aliphatic rings. The molecule has 2 aromatic heterocycles. The van der Waals surface area contributed by atoms with Gasteiger partial charge in [-0.05, 0) is 51.3 Å². The lowest BCUT2D eigenvalue weighted by molar-refractivity contribution is 0.0868. The van der Waals surface area contributed by atoms with E-state index in [9.17, 15) is 4.79 Å². The molecule has 2 heterocycles. The zero-order valence-electron chi connectivity index (χ0n) is 13.6. The smallest absolute Gasteiger partial charge is 0.236 e. The Bertz CT molecular complexity index is 807. The number of hydrogen-bond acceptors (Lipinski definition) is 5. The minimum absolute atomic E-state index is 0.0271. The van der Waals surface area contributed by atoms with Crippen molar-refractivity contribution in [1.82, 2.24) is 15.2 Å². The van der Waals surface area contributed by atoms with Gasteiger partial charge in [-0.25, -0.2) is 4.98 Å². The molecule has 0 fully saturated rings. The van der Waals surface area contributed by atoms with Crippen molar-refractivity contribution in [1.29, 1.82) is 0 Å². The Hall–Kier alpha value is -2.01. The summed E-state index contributed by atoms with van der Waals surface area (Å²) in [7, 11) is 1.55. The molecule has 0 N–H and O–H groups in total. The highest BCUT2D eigenvalue weighted by atomic mass is 35.5. The zero-order valence-corrected chi connectivity index (χ0v) is 14.4. The van der Waals surface area contributed by atoms with Gasteiger partial charge in [0.1, 0.15) is 5.15 Å². The molecule has 0 radical (unpaired) electrons. The summed E-state index contributed by atoms with van der Waals surface area (Å²) in [6.45, 7) is 5.71. The number of aryl methyl sites for hydroxylation is 3. The zero-order chi connectivity index (χ0) is 16.8. The van der Waals surface area contributed by atoms with E-state index in [4.69, 9.17) is 16.3 Å². The van der Waals surface area contributed by atoms with Crippen LogP contribution >= 0.6 is 11.6 Å². The number of carbonyl (C=O) groups excluding carboxylic acids is 1. The van der Waals surface area contributed by atoms with Gasteiger partial charge >= 0.3 is 0 Å². The van der Waals surface area contributed by atoms with Crippen LogP contribution in [0, 0.1) is 13.8 Å². The highest BCUT2D eigenvalue weighted by Crippen LogP contribution is 2.39. The molecule has 0 saturated carbocycles. The number of pyridine rings is 1. The molecule has 3 rings (SSSR count). The monoisotopic (exact) mass is 331 g/mol. The molecule has 0 amide bonds. The fraction of sp³-hybridized carbons (Fsp3) is 0.412. The molecule has 0 aromatic carbocycles. The van der Waals surface area contributed by atoms with Gasteiger partial charge in [0.2, 0.25) is 5.88 Å². The topological polar surface area (TPSA) is 65.0 Å². The van der Waals surface area contributed by atoms with E-state index < -0.39 is 5.41 Å². The fourth-order valence-electron chi connectivity index (χ4n) is 3.13. The summed E-state index contributed by atoms with van der Waals surface area (Å²) >= 11 is 6.01. The Morgan fingerprint density at radius 2 is 1.96 bits per heavy atom. The summed E-state index contributed by atoms with van der Waals surface area (Å²) in [6.07, 6.45) is 1.32. The first-order chi connectivity index (χ1) is 10.9. The lowest BCUT2D eigenvalue weighted by atomic mass is 9.70. The molecule has 0 aliphatic heterocycles. The number of carbonyl (C=O) groups is 1. The molecule has 23 heavy (non-hydrogen) atoms. The Kier molecular flexibility index (Phi) is 3.84. The van der Waals surface area contributed by atoms with E-state index in [0.717, 1.165) is 16.8 Å². The normalized spacial score (nSPS) is 20.3. The number of ether oxygens (including phenoxy) is 1. The van der Waals surface area contributed by atoms with Gasteiger partial charge in [0.15, 0.2) is 5.78 Å². The summed E-state index contributed by atoms with van der Waals surface area (Å²) in [4.78, 5) is 17.5. The van der Waals surface area contributed by atoms with Crippen molar-refractivity contribution in [2.75, 3.05) is 7.11 Å². The van der Waals surface area contributed by atoms with Crippen molar-refractivity contribution >= 4 is 17.4 Å². The van der Waals surface area contributed by atoms with Gasteiger partial charge in [-0.1, -0.05) is 11.6 Å². The van der Waals surface area contributed by atoms with Crippen LogP contribution in [-0.4, -0.2) is 28.1 Å². The third kappa shape index (κ3) is 2.49. The van der Waals surface area contributed by atoms with Crippen molar-refractivity contribution in [3.8, 4) is 5.88 Å². The minimum atomic E-state index is -0.711. The number of rotatable bonds is 2. The van der Waals surface area contributed by atoms with E-state index in [1.54, 1.807) is 13.2 Å². The van der Waals surface area contributed by atoms with Crippen molar-refractivity contribution in [2.24, 2.45) is 0 Å². The van der Waals surface area contributed by atoms with E-state index in [2.05, 4.69) is 15.2 Å². The van der Waals surface area contributed by atoms with Crippen molar-refractivity contribution in [3.63, 3.8) is 0 Å². The molecule has 1 aliphatic carbocycles. The van der Waals surface area contributed by atoms with Crippen LogP contribution in [0.4, 0.5) is 0 Å². The quantitative estimate of drug-likeness (QED) is 0.790. The number of ketones is 1. The molecule has 5 nitrogen and oxygen atoms in total. The Morgan fingerprint density at radius 1 is 1.22 bits per heavy atom. The molecule has 1 unspecified atom stereocenters. The number of aromatic nitrogens is 3. The maximum atomic E-state index is 13.2. The van der Waals surface area contributed by atoms with Gasteiger partial charge in [0.05, 0.1) is 23.9 Å². The highest BCUT2D eigenvalue weighted by Gasteiger charge is 2.43. The van der Waals surface area contributed by atoms with E-state index in [-0.39, 0.29) is 5.78 Å². The SMILES string of the molecule is COc1nnc(C2(C)CCc3nc(Cl)cc(C)c3C2=O)cc1C. The molecule has 0 bridgehead atoms. The highest BCUT2D eigenvalue weighted by molar-refractivity contribution is 6.29. The Morgan fingerprint density at radius 3 is 2.61 bits per heavy atom. The van der Waals surface area contributed by atoms with Gasteiger partial charge in [-0.3, -0.25) is 4.79 Å².